The van der Waals surface area contributed by atoms with Crippen LogP contribution in [0.2, 0.25) is 0 Å². The summed E-state index contributed by atoms with van der Waals surface area (Å²) in [5.74, 6) is 0. The van der Waals surface area contributed by atoms with E-state index in [2.05, 4.69) is 0 Å². The highest BCUT2D eigenvalue weighted by atomic mass is 32.2. The Kier molecular flexibility index (Phi) is 3.78. The lowest BCUT2D eigenvalue weighted by Crippen LogP contribution is -2.15. The van der Waals surface area contributed by atoms with Crippen LogP contribution in [0.4, 0.5) is 0 Å². The maximum Gasteiger partial charge on any atom is 0.268 e. The van der Waals surface area contributed by atoms with E-state index in [4.69, 9.17) is 5.14 Å². The summed E-state index contributed by atoms with van der Waals surface area (Å²) in [5.41, 5.74) is 0.0776. The van der Waals surface area contributed by atoms with Gasteiger partial charge in [-0.3, -0.25) is 4.79 Å². The second-order valence-electron chi connectivity index (χ2n) is 5.04. The fourth-order valence-electron chi connectivity index (χ4n) is 2.42. The molecule has 0 radical (unpaired) electrons. The Balaban J connectivity index is 2.34. The molecule has 0 saturated heterocycles. The third kappa shape index (κ3) is 2.62. The zero-order valence-corrected chi connectivity index (χ0v) is 13.8. The van der Waals surface area contributed by atoms with Crippen molar-refractivity contribution in [1.29, 1.82) is 0 Å². The van der Waals surface area contributed by atoms with Crippen LogP contribution in [-0.4, -0.2) is 27.1 Å². The third-order valence-corrected chi connectivity index (χ3v) is 6.15. The number of hydrogen-bond acceptors (Lipinski definition) is 5. The van der Waals surface area contributed by atoms with E-state index in [0.29, 0.717) is 6.29 Å². The topological polar surface area (TPSA) is 116 Å². The first-order valence-electron chi connectivity index (χ1n) is 6.69. The molecular weight excluding hydrogens is 352 g/mol. The molecule has 2 aromatic carbocycles. The number of nitrogens with two attached hydrogens (primary N) is 1. The fourth-order valence-corrected chi connectivity index (χ4v) is 4.47. The molecule has 0 aliphatic carbocycles. The van der Waals surface area contributed by atoms with Crippen LogP contribution in [-0.2, 0) is 20.0 Å². The minimum atomic E-state index is -4.01. The normalized spacial score (nSPS) is 12.4. The lowest BCUT2D eigenvalue weighted by Gasteiger charge is -2.09. The number of primary sulfonamides is 1. The zero-order chi connectivity index (χ0) is 17.5. The Hall–Kier alpha value is -2.49. The lowest BCUT2D eigenvalue weighted by molar-refractivity contribution is 0.111. The second-order valence-corrected chi connectivity index (χ2v) is 8.38. The largest absolute Gasteiger partial charge is 0.296 e. The van der Waals surface area contributed by atoms with Gasteiger partial charge < -0.3 is 0 Å². The molecule has 0 unspecified atom stereocenters. The van der Waals surface area contributed by atoms with E-state index in [1.165, 1.54) is 36.4 Å². The van der Waals surface area contributed by atoms with Gasteiger partial charge in [-0.25, -0.2) is 25.9 Å². The Bertz CT molecular complexity index is 1150. The molecule has 124 valence electrons. The highest BCUT2D eigenvalue weighted by molar-refractivity contribution is 7.90. The average molecular weight is 364 g/mol. The molecule has 2 N–H and O–H groups in total. The highest BCUT2D eigenvalue weighted by Gasteiger charge is 2.23. The van der Waals surface area contributed by atoms with E-state index >= 15 is 0 Å². The second kappa shape index (κ2) is 5.55. The molecular formula is C15H12N2O5S2. The number of hydrogen-bond donors (Lipinski definition) is 1. The minimum Gasteiger partial charge on any atom is -0.296 e. The molecule has 1 aromatic heterocycles. The fraction of sp³-hybridized carbons (Fsp3) is 0. The number of carbonyl (C=O) groups is 1. The number of nitrogens with zero attached hydrogens (tertiary/aromatic N) is 1. The van der Waals surface area contributed by atoms with Gasteiger partial charge in [0.15, 0.2) is 6.29 Å². The molecule has 1 heterocycles. The predicted molar refractivity (Wildman–Crippen MR) is 87.7 cm³/mol. The molecule has 24 heavy (non-hydrogen) atoms. The number of aromatic nitrogens is 1. The van der Waals surface area contributed by atoms with Crippen LogP contribution in [0.1, 0.15) is 10.5 Å². The lowest BCUT2D eigenvalue weighted by atomic mass is 10.2. The number of fused-ring (bicyclic) bond motifs is 1. The van der Waals surface area contributed by atoms with Crippen molar-refractivity contribution in [3.63, 3.8) is 0 Å². The Morgan fingerprint density at radius 3 is 2.12 bits per heavy atom. The number of benzene rings is 2. The van der Waals surface area contributed by atoms with E-state index in [1.54, 1.807) is 18.2 Å². The molecule has 0 amide bonds. The van der Waals surface area contributed by atoms with Gasteiger partial charge in [0.1, 0.15) is 0 Å². The van der Waals surface area contributed by atoms with E-state index in [0.717, 1.165) is 3.97 Å². The summed E-state index contributed by atoms with van der Waals surface area (Å²) in [4.78, 5) is 11.2. The summed E-state index contributed by atoms with van der Waals surface area (Å²) in [7, 11) is -7.95. The average Bonchev–Trinajstić information content (AvgIpc) is 2.93. The van der Waals surface area contributed by atoms with Crippen LogP contribution >= 0.6 is 0 Å². The Labute approximate surface area is 138 Å². The van der Waals surface area contributed by atoms with Crippen LogP contribution in [0.5, 0.6) is 0 Å². The highest BCUT2D eigenvalue weighted by Crippen LogP contribution is 2.26. The van der Waals surface area contributed by atoms with Crippen molar-refractivity contribution >= 4 is 37.2 Å². The molecule has 0 aliphatic rings. The monoisotopic (exact) mass is 364 g/mol. The number of carbonyl (C=O) groups excluding carboxylic acids is 1. The minimum absolute atomic E-state index is 0.0149. The smallest absolute Gasteiger partial charge is 0.268 e. The van der Waals surface area contributed by atoms with Crippen molar-refractivity contribution < 1.29 is 21.6 Å². The first-order chi connectivity index (χ1) is 11.2. The van der Waals surface area contributed by atoms with E-state index < -0.39 is 20.0 Å². The van der Waals surface area contributed by atoms with Gasteiger partial charge >= 0.3 is 0 Å². The van der Waals surface area contributed by atoms with Crippen LogP contribution in [0.3, 0.4) is 0 Å². The van der Waals surface area contributed by atoms with Crippen LogP contribution in [0, 0.1) is 0 Å². The Morgan fingerprint density at radius 2 is 1.54 bits per heavy atom. The summed E-state index contributed by atoms with van der Waals surface area (Å²) < 4.78 is 49.4. The van der Waals surface area contributed by atoms with Crippen molar-refractivity contribution in [1.82, 2.24) is 3.97 Å². The van der Waals surface area contributed by atoms with Gasteiger partial charge in [0.25, 0.3) is 10.0 Å². The van der Waals surface area contributed by atoms with Crippen molar-refractivity contribution in [2.24, 2.45) is 5.14 Å². The number of sulfonamides is 1. The van der Waals surface area contributed by atoms with Crippen LogP contribution in [0.25, 0.3) is 10.9 Å². The van der Waals surface area contributed by atoms with E-state index in [9.17, 15) is 21.6 Å². The molecule has 7 nitrogen and oxygen atoms in total. The summed E-state index contributed by atoms with van der Waals surface area (Å²) in [6.07, 6.45) is 0.400. The predicted octanol–water partition coefficient (Wildman–Crippen LogP) is 1.34. The van der Waals surface area contributed by atoms with Gasteiger partial charge in [0, 0.05) is 5.39 Å². The third-order valence-electron chi connectivity index (χ3n) is 3.49. The molecule has 0 spiro atoms. The van der Waals surface area contributed by atoms with Gasteiger partial charge in [-0.15, -0.1) is 0 Å². The molecule has 0 atom stereocenters. The molecule has 0 fully saturated rings. The maximum atomic E-state index is 12.8. The summed E-state index contributed by atoms with van der Waals surface area (Å²) in [6.45, 7) is 0. The standard InChI is InChI=1S/C15H12N2O5S2/c16-23(19,20)14-6-7-15-11(9-14)8-12(10-18)17(15)24(21,22)13-4-2-1-3-5-13/h1-10H,(H2,16,19,20). The first-order valence-corrected chi connectivity index (χ1v) is 9.68. The summed E-state index contributed by atoms with van der Waals surface area (Å²) in [5, 5.41) is 5.36. The van der Waals surface area contributed by atoms with Gasteiger partial charge in [0.05, 0.1) is 21.0 Å². The zero-order valence-electron chi connectivity index (χ0n) is 12.2. The SMILES string of the molecule is NS(=O)(=O)c1ccc2c(c1)cc(C=O)n2S(=O)(=O)c1ccccc1. The molecule has 0 bridgehead atoms. The molecule has 0 aliphatic heterocycles. The van der Waals surface area contributed by atoms with Crippen molar-refractivity contribution in [2.45, 2.75) is 9.79 Å². The quantitative estimate of drug-likeness (QED) is 0.701. The van der Waals surface area contributed by atoms with E-state index in [-0.39, 0.29) is 26.4 Å². The van der Waals surface area contributed by atoms with Gasteiger partial charge in [-0.2, -0.15) is 0 Å². The molecule has 3 aromatic rings. The number of rotatable bonds is 4. The Morgan fingerprint density at radius 1 is 0.875 bits per heavy atom. The van der Waals surface area contributed by atoms with Gasteiger partial charge in [0.2, 0.25) is 10.0 Å². The van der Waals surface area contributed by atoms with Crippen molar-refractivity contribution in [3.8, 4) is 0 Å². The van der Waals surface area contributed by atoms with E-state index in [1.807, 2.05) is 0 Å². The van der Waals surface area contributed by atoms with Crippen LogP contribution in [0.15, 0.2) is 64.4 Å². The summed E-state index contributed by atoms with van der Waals surface area (Å²) in [6, 6.07) is 12.7. The summed E-state index contributed by atoms with van der Waals surface area (Å²) >= 11 is 0. The molecule has 0 saturated carbocycles. The maximum absolute atomic E-state index is 12.8. The number of aldehydes is 1. The molecule has 3 rings (SSSR count). The van der Waals surface area contributed by atoms with Crippen molar-refractivity contribution in [2.75, 3.05) is 0 Å². The van der Waals surface area contributed by atoms with Gasteiger partial charge in [-0.05, 0) is 36.4 Å². The first kappa shape index (κ1) is 16.4. The molecule has 9 heteroatoms. The van der Waals surface area contributed by atoms with Gasteiger partial charge in [-0.1, -0.05) is 18.2 Å². The van der Waals surface area contributed by atoms with Crippen LogP contribution < -0.4 is 5.14 Å². The van der Waals surface area contributed by atoms with Crippen molar-refractivity contribution in [3.05, 3.63) is 60.3 Å².